The number of carboxylic acid groups (broad SMARTS) is 2. The largest absolute Gasteiger partial charge is 0.548 e. The summed E-state index contributed by atoms with van der Waals surface area (Å²) < 4.78 is 4.81. The maximum absolute atomic E-state index is 11.4. The number of carbonyl (C=O) groups is 3. The smallest absolute Gasteiger partial charge is 0.410 e. The number of hydrogen-bond acceptors (Lipinski definition) is 6. The molecule has 7 heteroatoms. The zero-order chi connectivity index (χ0) is 12.9. The molecule has 7 nitrogen and oxygen atoms in total. The normalized spacial score (nSPS) is 10.7. The Morgan fingerprint density at radius 2 is 1.44 bits per heavy atom. The summed E-state index contributed by atoms with van der Waals surface area (Å²) in [5.74, 6) is -3.15. The molecule has 0 saturated heterocycles. The van der Waals surface area contributed by atoms with Gasteiger partial charge < -0.3 is 24.5 Å². The van der Waals surface area contributed by atoms with E-state index in [1.807, 2.05) is 0 Å². The van der Waals surface area contributed by atoms with Crippen LogP contribution >= 0.6 is 0 Å². The Labute approximate surface area is 92.6 Å². The Bertz CT molecular complexity index is 277. The number of carbonyl (C=O) groups excluding carboxylic acids is 3. The van der Waals surface area contributed by atoms with Crippen molar-refractivity contribution < 1.29 is 29.3 Å². The Hall–Kier alpha value is -1.79. The number of hydrogen-bond donors (Lipinski definition) is 0. The number of rotatable bonds is 4. The van der Waals surface area contributed by atoms with Gasteiger partial charge in [-0.1, -0.05) is 0 Å². The second-order valence-electron chi connectivity index (χ2n) is 4.08. The average Bonchev–Trinajstić information content (AvgIpc) is 1.97. The van der Waals surface area contributed by atoms with Crippen LogP contribution in [0.15, 0.2) is 0 Å². The standard InChI is InChI=1S/C9H15NO6/c1-9(2,3)16-8(15)10(4-6(11)12)5-7(13)14/h4-5H2,1-3H3,(H,11,12)(H,13,14)/p-2. The van der Waals surface area contributed by atoms with Crippen molar-refractivity contribution in [1.82, 2.24) is 4.90 Å². The van der Waals surface area contributed by atoms with E-state index in [9.17, 15) is 24.6 Å². The average molecular weight is 231 g/mol. The van der Waals surface area contributed by atoms with Gasteiger partial charge in [-0.3, -0.25) is 4.90 Å². The lowest BCUT2D eigenvalue weighted by Gasteiger charge is -2.27. The summed E-state index contributed by atoms with van der Waals surface area (Å²) in [6.07, 6.45) is -1.04. The van der Waals surface area contributed by atoms with Gasteiger partial charge in [0.05, 0.1) is 25.0 Å². The van der Waals surface area contributed by atoms with Gasteiger partial charge in [0.25, 0.3) is 0 Å². The van der Waals surface area contributed by atoms with Crippen LogP contribution in [0.4, 0.5) is 4.79 Å². The van der Waals surface area contributed by atoms with E-state index in [4.69, 9.17) is 4.74 Å². The van der Waals surface area contributed by atoms with E-state index in [1.165, 1.54) is 0 Å². The van der Waals surface area contributed by atoms with Crippen LogP contribution in [-0.2, 0) is 14.3 Å². The number of ether oxygens (including phenoxy) is 1. The van der Waals surface area contributed by atoms with Crippen molar-refractivity contribution in [2.75, 3.05) is 13.1 Å². The van der Waals surface area contributed by atoms with E-state index >= 15 is 0 Å². The third kappa shape index (κ3) is 6.63. The molecule has 0 fully saturated rings. The molecule has 1 amide bonds. The van der Waals surface area contributed by atoms with Crippen molar-refractivity contribution in [3.63, 3.8) is 0 Å². The van der Waals surface area contributed by atoms with Crippen LogP contribution in [0.1, 0.15) is 20.8 Å². The quantitative estimate of drug-likeness (QED) is 0.539. The van der Waals surface area contributed by atoms with Crippen LogP contribution in [0.3, 0.4) is 0 Å². The van der Waals surface area contributed by atoms with Crippen molar-refractivity contribution in [3.05, 3.63) is 0 Å². The minimum absolute atomic E-state index is 0.482. The number of nitrogens with zero attached hydrogens (tertiary/aromatic N) is 1. The first-order valence-corrected chi connectivity index (χ1v) is 4.49. The lowest BCUT2D eigenvalue weighted by molar-refractivity contribution is -0.309. The second kappa shape index (κ2) is 5.34. The van der Waals surface area contributed by atoms with Crippen LogP contribution in [0, 0.1) is 0 Å². The summed E-state index contributed by atoms with van der Waals surface area (Å²) in [7, 11) is 0. The molecule has 0 radical (unpaired) electrons. The topological polar surface area (TPSA) is 110 Å². The van der Waals surface area contributed by atoms with E-state index in [0.717, 1.165) is 0 Å². The fraction of sp³-hybridized carbons (Fsp3) is 0.667. The van der Waals surface area contributed by atoms with E-state index in [0.29, 0.717) is 4.90 Å². The highest BCUT2D eigenvalue weighted by Gasteiger charge is 2.22. The van der Waals surface area contributed by atoms with Gasteiger partial charge in [-0.2, -0.15) is 0 Å². The Morgan fingerprint density at radius 3 is 1.69 bits per heavy atom. The lowest BCUT2D eigenvalue weighted by atomic mass is 10.2. The highest BCUT2D eigenvalue weighted by molar-refractivity contribution is 5.80. The molecular formula is C9H13NO6-2. The van der Waals surface area contributed by atoms with Gasteiger partial charge in [-0.15, -0.1) is 0 Å². The summed E-state index contributed by atoms with van der Waals surface area (Å²) in [6.45, 7) is 3.00. The van der Waals surface area contributed by atoms with E-state index < -0.39 is 36.7 Å². The van der Waals surface area contributed by atoms with Gasteiger partial charge in [0.2, 0.25) is 0 Å². The zero-order valence-corrected chi connectivity index (χ0v) is 9.31. The van der Waals surface area contributed by atoms with Crippen molar-refractivity contribution in [3.8, 4) is 0 Å². The Kier molecular flexibility index (Phi) is 4.74. The van der Waals surface area contributed by atoms with Crippen molar-refractivity contribution in [1.29, 1.82) is 0 Å². The van der Waals surface area contributed by atoms with Crippen LogP contribution < -0.4 is 10.2 Å². The minimum Gasteiger partial charge on any atom is -0.548 e. The molecule has 0 heterocycles. The molecule has 92 valence electrons. The first-order valence-electron chi connectivity index (χ1n) is 4.49. The molecule has 0 aromatic rings. The van der Waals surface area contributed by atoms with Crippen LogP contribution in [0.25, 0.3) is 0 Å². The maximum Gasteiger partial charge on any atom is 0.410 e. The molecule has 0 aromatic carbocycles. The molecule has 0 bridgehead atoms. The number of amides is 1. The van der Waals surface area contributed by atoms with Crippen molar-refractivity contribution in [2.45, 2.75) is 26.4 Å². The molecule has 0 saturated carbocycles. The number of carboxylic acids is 2. The highest BCUT2D eigenvalue weighted by atomic mass is 16.6. The van der Waals surface area contributed by atoms with Gasteiger partial charge in [0.1, 0.15) is 5.60 Å². The monoisotopic (exact) mass is 231 g/mol. The highest BCUT2D eigenvalue weighted by Crippen LogP contribution is 2.09. The molecule has 0 atom stereocenters. The van der Waals surface area contributed by atoms with Gasteiger partial charge in [-0.05, 0) is 20.8 Å². The Balaban J connectivity index is 4.56. The minimum atomic E-state index is -1.58. The molecule has 0 spiro atoms. The summed E-state index contributed by atoms with van der Waals surface area (Å²) in [6, 6.07) is 0. The van der Waals surface area contributed by atoms with Crippen LogP contribution in [-0.4, -0.2) is 41.6 Å². The van der Waals surface area contributed by atoms with Gasteiger partial charge in [0.15, 0.2) is 0 Å². The van der Waals surface area contributed by atoms with Crippen LogP contribution in [0.2, 0.25) is 0 Å². The van der Waals surface area contributed by atoms with E-state index in [2.05, 4.69) is 0 Å². The fourth-order valence-electron chi connectivity index (χ4n) is 0.823. The molecule has 16 heavy (non-hydrogen) atoms. The molecule has 0 rings (SSSR count). The first kappa shape index (κ1) is 14.2. The summed E-state index contributed by atoms with van der Waals surface area (Å²) in [5, 5.41) is 20.6. The fourth-order valence-corrected chi connectivity index (χ4v) is 0.823. The molecule has 0 unspecified atom stereocenters. The lowest BCUT2D eigenvalue weighted by Crippen LogP contribution is -2.48. The van der Waals surface area contributed by atoms with Gasteiger partial charge >= 0.3 is 6.09 Å². The number of aliphatic carboxylic acids is 2. The van der Waals surface area contributed by atoms with Crippen LogP contribution in [0.5, 0.6) is 0 Å². The molecule has 0 aliphatic carbocycles. The van der Waals surface area contributed by atoms with Crippen molar-refractivity contribution >= 4 is 18.0 Å². The van der Waals surface area contributed by atoms with Crippen molar-refractivity contribution in [2.24, 2.45) is 0 Å². The maximum atomic E-state index is 11.4. The van der Waals surface area contributed by atoms with E-state index in [-0.39, 0.29) is 0 Å². The second-order valence-corrected chi connectivity index (χ2v) is 4.08. The predicted octanol–water partition coefficient (Wildman–Crippen LogP) is -2.28. The van der Waals surface area contributed by atoms with E-state index in [1.54, 1.807) is 20.8 Å². The molecule has 0 aromatic heterocycles. The molecule has 0 N–H and O–H groups in total. The summed E-state index contributed by atoms with van der Waals surface area (Å²) >= 11 is 0. The van der Waals surface area contributed by atoms with Gasteiger partial charge in [-0.25, -0.2) is 4.79 Å². The molecule has 0 aliphatic heterocycles. The first-order chi connectivity index (χ1) is 7.11. The third-order valence-electron chi connectivity index (χ3n) is 1.29. The SMILES string of the molecule is CC(C)(C)OC(=O)N(CC(=O)[O-])CC(=O)[O-]. The zero-order valence-electron chi connectivity index (χ0n) is 9.31. The molecular weight excluding hydrogens is 218 g/mol. The molecule has 0 aliphatic rings. The predicted molar refractivity (Wildman–Crippen MR) is 47.8 cm³/mol. The third-order valence-corrected chi connectivity index (χ3v) is 1.29. The van der Waals surface area contributed by atoms with Gasteiger partial charge in [0, 0.05) is 0 Å². The Morgan fingerprint density at radius 1 is 1.06 bits per heavy atom. The summed E-state index contributed by atoms with van der Waals surface area (Å²) in [5.41, 5.74) is -0.840. The summed E-state index contributed by atoms with van der Waals surface area (Å²) in [4.78, 5) is 32.4.